The summed E-state index contributed by atoms with van der Waals surface area (Å²) in [6.07, 6.45) is 0. The van der Waals surface area contributed by atoms with E-state index in [1.165, 1.54) is 16.8 Å². The smallest absolute Gasteiger partial charge is 0.256 e. The Balaban J connectivity index is 1.93. The average Bonchev–Trinajstić information content (AvgIpc) is 2.96. The molecule has 0 saturated carbocycles. The normalized spacial score (nSPS) is 10.6. The van der Waals surface area contributed by atoms with E-state index in [0.717, 1.165) is 3.57 Å². The third kappa shape index (κ3) is 3.21. The number of hydrogen-bond donors (Lipinski definition) is 1. The Morgan fingerprint density at radius 3 is 2.74 bits per heavy atom. The molecule has 0 aliphatic carbocycles. The molecular formula is C15H11FIN5O. The van der Waals surface area contributed by atoms with Crippen molar-refractivity contribution >= 4 is 34.2 Å². The summed E-state index contributed by atoms with van der Waals surface area (Å²) in [7, 11) is 0. The van der Waals surface area contributed by atoms with Crippen molar-refractivity contribution in [3.8, 4) is 5.69 Å². The van der Waals surface area contributed by atoms with Crippen molar-refractivity contribution in [1.82, 2.24) is 20.2 Å². The Kier molecular flexibility index (Phi) is 4.33. The number of benzene rings is 2. The number of anilines is 1. The van der Waals surface area contributed by atoms with Crippen LogP contribution in [-0.4, -0.2) is 26.1 Å². The average molecular weight is 423 g/mol. The van der Waals surface area contributed by atoms with E-state index in [2.05, 4.69) is 43.4 Å². The summed E-state index contributed by atoms with van der Waals surface area (Å²) in [4.78, 5) is 12.3. The van der Waals surface area contributed by atoms with Crippen LogP contribution in [0.2, 0.25) is 0 Å². The van der Waals surface area contributed by atoms with Gasteiger partial charge in [0.15, 0.2) is 5.82 Å². The second kappa shape index (κ2) is 6.41. The summed E-state index contributed by atoms with van der Waals surface area (Å²) in [5.74, 6) is -0.343. The topological polar surface area (TPSA) is 72.7 Å². The summed E-state index contributed by atoms with van der Waals surface area (Å²) in [5, 5.41) is 13.8. The number of amides is 1. The van der Waals surface area contributed by atoms with Crippen molar-refractivity contribution in [3.05, 3.63) is 63.2 Å². The predicted octanol–water partition coefficient (Wildman–Crippen LogP) is 2.97. The van der Waals surface area contributed by atoms with Gasteiger partial charge in [0.25, 0.3) is 5.91 Å². The molecular weight excluding hydrogens is 412 g/mol. The number of nitrogens with one attached hydrogen (secondary N) is 1. The van der Waals surface area contributed by atoms with Crippen molar-refractivity contribution < 1.29 is 9.18 Å². The fourth-order valence-corrected chi connectivity index (χ4v) is 2.68. The van der Waals surface area contributed by atoms with Crippen molar-refractivity contribution in [2.75, 3.05) is 5.32 Å². The van der Waals surface area contributed by atoms with Crippen LogP contribution in [0.15, 0.2) is 42.5 Å². The van der Waals surface area contributed by atoms with Gasteiger partial charge in [-0.2, -0.15) is 4.68 Å². The molecule has 1 aromatic heterocycles. The number of rotatable bonds is 3. The lowest BCUT2D eigenvalue weighted by atomic mass is 10.2. The second-order valence-electron chi connectivity index (χ2n) is 4.74. The fraction of sp³-hybridized carbons (Fsp3) is 0.0667. The van der Waals surface area contributed by atoms with Crippen molar-refractivity contribution in [2.24, 2.45) is 0 Å². The van der Waals surface area contributed by atoms with Crippen LogP contribution in [-0.2, 0) is 0 Å². The van der Waals surface area contributed by atoms with Crippen molar-refractivity contribution in [1.29, 1.82) is 0 Å². The number of halogens is 2. The molecule has 1 amide bonds. The minimum Gasteiger partial charge on any atom is -0.319 e. The third-order valence-electron chi connectivity index (χ3n) is 3.19. The standard InChI is InChI=1S/C15H11FIN5O/c1-9-19-20-21-22(9)10-6-7-12(16)14(8-10)18-15(23)11-4-2-3-5-13(11)17/h2-8H,1H3,(H,18,23). The SMILES string of the molecule is Cc1nnnn1-c1ccc(F)c(NC(=O)c2ccccc2I)c1. The van der Waals surface area contributed by atoms with Gasteiger partial charge in [0.05, 0.1) is 16.9 Å². The third-order valence-corrected chi connectivity index (χ3v) is 4.13. The molecule has 6 nitrogen and oxygen atoms in total. The molecule has 0 bridgehead atoms. The van der Waals surface area contributed by atoms with Gasteiger partial charge >= 0.3 is 0 Å². The van der Waals surface area contributed by atoms with Crippen LogP contribution in [0.3, 0.4) is 0 Å². The van der Waals surface area contributed by atoms with Gasteiger partial charge in [-0.3, -0.25) is 4.79 Å². The van der Waals surface area contributed by atoms with E-state index in [-0.39, 0.29) is 11.6 Å². The van der Waals surface area contributed by atoms with Crippen LogP contribution >= 0.6 is 22.6 Å². The number of carbonyl (C=O) groups is 1. The van der Waals surface area contributed by atoms with Crippen molar-refractivity contribution in [2.45, 2.75) is 6.92 Å². The maximum Gasteiger partial charge on any atom is 0.256 e. The number of carbonyl (C=O) groups excluding carboxylic acids is 1. The van der Waals surface area contributed by atoms with Gasteiger partial charge in [-0.15, -0.1) is 5.10 Å². The summed E-state index contributed by atoms with van der Waals surface area (Å²) in [5.41, 5.74) is 1.12. The summed E-state index contributed by atoms with van der Waals surface area (Å²) in [6.45, 7) is 1.73. The maximum absolute atomic E-state index is 14.0. The minimum atomic E-state index is -0.529. The Hall–Kier alpha value is -2.36. The van der Waals surface area contributed by atoms with E-state index in [1.54, 1.807) is 25.1 Å². The number of hydrogen-bond acceptors (Lipinski definition) is 4. The van der Waals surface area contributed by atoms with E-state index >= 15 is 0 Å². The highest BCUT2D eigenvalue weighted by Gasteiger charge is 2.14. The zero-order valence-corrected chi connectivity index (χ0v) is 14.2. The quantitative estimate of drug-likeness (QED) is 0.658. The lowest BCUT2D eigenvalue weighted by Gasteiger charge is -2.10. The molecule has 2 aromatic carbocycles. The molecule has 1 heterocycles. The Bertz CT molecular complexity index is 880. The van der Waals surface area contributed by atoms with E-state index in [1.807, 2.05) is 12.1 Å². The van der Waals surface area contributed by atoms with Crippen LogP contribution < -0.4 is 5.32 Å². The maximum atomic E-state index is 14.0. The Morgan fingerprint density at radius 1 is 1.26 bits per heavy atom. The lowest BCUT2D eigenvalue weighted by Crippen LogP contribution is -2.15. The molecule has 0 aliphatic rings. The van der Waals surface area contributed by atoms with Crippen LogP contribution in [0.5, 0.6) is 0 Å². The molecule has 0 aliphatic heterocycles. The molecule has 0 atom stereocenters. The van der Waals surface area contributed by atoms with Gasteiger partial charge in [0.2, 0.25) is 0 Å². The number of tetrazole rings is 1. The molecule has 0 fully saturated rings. The molecule has 1 N–H and O–H groups in total. The van der Waals surface area contributed by atoms with Crippen LogP contribution in [0.1, 0.15) is 16.2 Å². The molecule has 3 rings (SSSR count). The number of aryl methyl sites for hydroxylation is 1. The molecule has 0 saturated heterocycles. The summed E-state index contributed by atoms with van der Waals surface area (Å²) in [6, 6.07) is 11.4. The minimum absolute atomic E-state index is 0.0713. The highest BCUT2D eigenvalue weighted by atomic mass is 127. The zero-order chi connectivity index (χ0) is 16.4. The van der Waals surface area contributed by atoms with Crippen molar-refractivity contribution in [3.63, 3.8) is 0 Å². The van der Waals surface area contributed by atoms with E-state index in [9.17, 15) is 9.18 Å². The number of nitrogens with zero attached hydrogens (tertiary/aromatic N) is 4. The van der Waals surface area contributed by atoms with Gasteiger partial charge in [-0.25, -0.2) is 4.39 Å². The molecule has 0 radical (unpaired) electrons. The molecule has 0 unspecified atom stereocenters. The molecule has 0 spiro atoms. The lowest BCUT2D eigenvalue weighted by molar-refractivity contribution is 0.102. The second-order valence-corrected chi connectivity index (χ2v) is 5.90. The first-order valence-corrected chi connectivity index (χ1v) is 7.75. The van der Waals surface area contributed by atoms with Gasteiger partial charge in [0.1, 0.15) is 5.82 Å². The molecule has 3 aromatic rings. The summed E-state index contributed by atoms with van der Waals surface area (Å²) < 4.78 is 16.3. The highest BCUT2D eigenvalue weighted by molar-refractivity contribution is 14.1. The van der Waals surface area contributed by atoms with Gasteiger partial charge < -0.3 is 5.32 Å². The zero-order valence-electron chi connectivity index (χ0n) is 12.0. The van der Waals surface area contributed by atoms with E-state index in [4.69, 9.17) is 0 Å². The van der Waals surface area contributed by atoms with Gasteiger partial charge in [-0.05, 0) is 70.3 Å². The first-order valence-electron chi connectivity index (χ1n) is 6.67. The van der Waals surface area contributed by atoms with E-state index in [0.29, 0.717) is 17.1 Å². The van der Waals surface area contributed by atoms with Gasteiger partial charge in [-0.1, -0.05) is 12.1 Å². The predicted molar refractivity (Wildman–Crippen MR) is 91.0 cm³/mol. The first-order chi connectivity index (χ1) is 11.1. The number of aromatic nitrogens is 4. The Labute approximate surface area is 144 Å². The molecule has 23 heavy (non-hydrogen) atoms. The monoisotopic (exact) mass is 423 g/mol. The first kappa shape index (κ1) is 15.5. The van der Waals surface area contributed by atoms with Crippen LogP contribution in [0.4, 0.5) is 10.1 Å². The summed E-state index contributed by atoms with van der Waals surface area (Å²) >= 11 is 2.06. The van der Waals surface area contributed by atoms with Crippen LogP contribution in [0.25, 0.3) is 5.69 Å². The fourth-order valence-electron chi connectivity index (χ4n) is 2.05. The van der Waals surface area contributed by atoms with Crippen LogP contribution in [0, 0.1) is 16.3 Å². The van der Waals surface area contributed by atoms with Gasteiger partial charge in [0, 0.05) is 3.57 Å². The largest absolute Gasteiger partial charge is 0.319 e. The highest BCUT2D eigenvalue weighted by Crippen LogP contribution is 2.21. The molecule has 8 heteroatoms. The molecule has 116 valence electrons. The Morgan fingerprint density at radius 2 is 2.04 bits per heavy atom. The van der Waals surface area contributed by atoms with E-state index < -0.39 is 5.82 Å².